The molecule has 0 aliphatic carbocycles. The highest BCUT2D eigenvalue weighted by molar-refractivity contribution is 7.99. The summed E-state index contributed by atoms with van der Waals surface area (Å²) in [6, 6.07) is 9.79. The number of nitrogens with zero attached hydrogens (tertiary/aromatic N) is 6. The third-order valence-electron chi connectivity index (χ3n) is 3.47. The zero-order chi connectivity index (χ0) is 16.5. The van der Waals surface area contributed by atoms with E-state index in [0.29, 0.717) is 22.7 Å². The molecule has 120 valence electrons. The van der Waals surface area contributed by atoms with Gasteiger partial charge in [-0.2, -0.15) is 4.98 Å². The second-order valence-corrected chi connectivity index (χ2v) is 6.64. The van der Waals surface area contributed by atoms with Gasteiger partial charge in [-0.3, -0.25) is 0 Å². The Morgan fingerprint density at radius 2 is 2.00 bits per heavy atom. The number of rotatable bonds is 4. The third kappa shape index (κ3) is 2.88. The van der Waals surface area contributed by atoms with E-state index in [4.69, 9.17) is 4.42 Å². The van der Waals surface area contributed by atoms with Crippen LogP contribution >= 0.6 is 11.8 Å². The molecule has 7 nitrogen and oxygen atoms in total. The van der Waals surface area contributed by atoms with Crippen LogP contribution in [0.2, 0.25) is 0 Å². The van der Waals surface area contributed by atoms with Crippen molar-refractivity contribution in [3.05, 3.63) is 54.2 Å². The number of benzene rings is 1. The number of fused-ring (bicyclic) bond motifs is 1. The molecular formula is C16H14N6OS. The molecule has 0 saturated carbocycles. The van der Waals surface area contributed by atoms with E-state index in [1.807, 2.05) is 50.4 Å². The number of hydrogen-bond donors (Lipinski definition) is 0. The van der Waals surface area contributed by atoms with Gasteiger partial charge in [0.1, 0.15) is 0 Å². The second kappa shape index (κ2) is 6.04. The van der Waals surface area contributed by atoms with E-state index in [9.17, 15) is 0 Å². The molecule has 1 unspecified atom stereocenters. The minimum absolute atomic E-state index is 0.0610. The Labute approximate surface area is 142 Å². The molecule has 0 bridgehead atoms. The van der Waals surface area contributed by atoms with Gasteiger partial charge in [0.15, 0.2) is 0 Å². The minimum Gasteiger partial charge on any atom is -0.419 e. The molecule has 3 aromatic heterocycles. The summed E-state index contributed by atoms with van der Waals surface area (Å²) in [6.07, 6.45) is 3.50. The lowest BCUT2D eigenvalue weighted by Crippen LogP contribution is -1.90. The molecule has 4 aromatic rings. The summed E-state index contributed by atoms with van der Waals surface area (Å²) in [5, 5.41) is 13.2. The molecule has 0 N–H and O–H groups in total. The molecule has 0 amide bonds. The van der Waals surface area contributed by atoms with Gasteiger partial charge in [0.25, 0.3) is 5.78 Å². The van der Waals surface area contributed by atoms with Crippen LogP contribution in [0.25, 0.3) is 17.2 Å². The zero-order valence-corrected chi connectivity index (χ0v) is 13.9. The molecule has 8 heteroatoms. The molecule has 0 radical (unpaired) electrons. The Morgan fingerprint density at radius 3 is 2.79 bits per heavy atom. The number of aromatic nitrogens is 6. The summed E-state index contributed by atoms with van der Waals surface area (Å²) in [7, 11) is 0. The van der Waals surface area contributed by atoms with Crippen LogP contribution < -0.4 is 0 Å². The molecule has 0 spiro atoms. The van der Waals surface area contributed by atoms with Crippen molar-refractivity contribution in [1.82, 2.24) is 29.8 Å². The van der Waals surface area contributed by atoms with Crippen LogP contribution in [-0.4, -0.2) is 29.8 Å². The lowest BCUT2D eigenvalue weighted by atomic mass is 10.1. The first-order valence-corrected chi connectivity index (χ1v) is 8.31. The van der Waals surface area contributed by atoms with Crippen molar-refractivity contribution < 1.29 is 4.42 Å². The van der Waals surface area contributed by atoms with Gasteiger partial charge < -0.3 is 4.42 Å². The predicted octanol–water partition coefficient (Wildman–Crippen LogP) is 3.34. The van der Waals surface area contributed by atoms with E-state index in [-0.39, 0.29) is 5.25 Å². The van der Waals surface area contributed by atoms with Gasteiger partial charge in [-0.15, -0.1) is 15.3 Å². The van der Waals surface area contributed by atoms with Crippen LogP contribution in [0.4, 0.5) is 0 Å². The first-order chi connectivity index (χ1) is 11.7. The standard InChI is InChI=1S/C16H14N6OS/c1-10-4-6-12(7-5-10)14-20-19-13(23-14)11(2)24-16-18-15-17-8-3-9-22(15)21-16/h3-9,11H,1-2H3. The molecular weight excluding hydrogens is 324 g/mol. The lowest BCUT2D eigenvalue weighted by Gasteiger charge is -2.02. The average Bonchev–Trinajstić information content (AvgIpc) is 3.21. The Bertz CT molecular complexity index is 945. The fraction of sp³-hybridized carbons (Fsp3) is 0.188. The maximum atomic E-state index is 5.80. The molecule has 24 heavy (non-hydrogen) atoms. The van der Waals surface area contributed by atoms with Crippen molar-refractivity contribution in [2.45, 2.75) is 24.3 Å². The smallest absolute Gasteiger partial charge is 0.253 e. The van der Waals surface area contributed by atoms with Gasteiger partial charge in [-0.1, -0.05) is 29.5 Å². The quantitative estimate of drug-likeness (QED) is 0.528. The predicted molar refractivity (Wildman–Crippen MR) is 89.5 cm³/mol. The third-order valence-corrected chi connectivity index (χ3v) is 4.41. The molecule has 3 heterocycles. The Hall–Kier alpha value is -2.74. The summed E-state index contributed by atoms with van der Waals surface area (Å²) < 4.78 is 7.44. The van der Waals surface area contributed by atoms with Gasteiger partial charge in [0.2, 0.25) is 16.9 Å². The topological polar surface area (TPSA) is 82.0 Å². The van der Waals surface area contributed by atoms with E-state index in [2.05, 4.69) is 25.3 Å². The van der Waals surface area contributed by atoms with Crippen molar-refractivity contribution >= 4 is 17.5 Å². The fourth-order valence-electron chi connectivity index (χ4n) is 2.18. The lowest BCUT2D eigenvalue weighted by molar-refractivity contribution is 0.509. The van der Waals surface area contributed by atoms with Crippen LogP contribution in [-0.2, 0) is 0 Å². The Kier molecular flexibility index (Phi) is 3.73. The summed E-state index contributed by atoms with van der Waals surface area (Å²) >= 11 is 1.45. The van der Waals surface area contributed by atoms with Crippen molar-refractivity contribution in [3.63, 3.8) is 0 Å². The normalized spacial score (nSPS) is 12.6. The zero-order valence-electron chi connectivity index (χ0n) is 13.1. The van der Waals surface area contributed by atoms with Crippen LogP contribution in [0, 0.1) is 6.92 Å². The van der Waals surface area contributed by atoms with E-state index < -0.39 is 0 Å². The number of aryl methyl sites for hydroxylation is 1. The van der Waals surface area contributed by atoms with Crippen LogP contribution in [0.3, 0.4) is 0 Å². The average molecular weight is 338 g/mol. The van der Waals surface area contributed by atoms with Crippen molar-refractivity contribution in [2.24, 2.45) is 0 Å². The minimum atomic E-state index is -0.0610. The first kappa shape index (κ1) is 14.8. The maximum Gasteiger partial charge on any atom is 0.253 e. The fourth-order valence-corrected chi connectivity index (χ4v) is 2.97. The largest absolute Gasteiger partial charge is 0.419 e. The van der Waals surface area contributed by atoms with Gasteiger partial charge >= 0.3 is 0 Å². The van der Waals surface area contributed by atoms with Crippen molar-refractivity contribution in [1.29, 1.82) is 0 Å². The van der Waals surface area contributed by atoms with Crippen LogP contribution in [0.5, 0.6) is 0 Å². The highest BCUT2D eigenvalue weighted by Crippen LogP contribution is 2.33. The molecule has 0 fully saturated rings. The summed E-state index contributed by atoms with van der Waals surface area (Å²) in [5.74, 6) is 1.63. The van der Waals surface area contributed by atoms with Crippen LogP contribution in [0.1, 0.15) is 23.6 Å². The molecule has 0 saturated heterocycles. The Balaban J connectivity index is 1.54. The van der Waals surface area contributed by atoms with Crippen molar-refractivity contribution in [2.75, 3.05) is 0 Å². The van der Waals surface area contributed by atoms with E-state index in [1.165, 1.54) is 17.3 Å². The van der Waals surface area contributed by atoms with E-state index >= 15 is 0 Å². The second-order valence-electron chi connectivity index (χ2n) is 5.33. The van der Waals surface area contributed by atoms with Gasteiger partial charge in [-0.05, 0) is 32.0 Å². The van der Waals surface area contributed by atoms with E-state index in [1.54, 1.807) is 10.7 Å². The Morgan fingerprint density at radius 1 is 1.17 bits per heavy atom. The highest BCUT2D eigenvalue weighted by atomic mass is 32.2. The van der Waals surface area contributed by atoms with Gasteiger partial charge in [0.05, 0.1) is 5.25 Å². The molecule has 1 atom stereocenters. The molecule has 1 aromatic carbocycles. The molecule has 0 aliphatic rings. The first-order valence-electron chi connectivity index (χ1n) is 7.43. The number of hydrogen-bond acceptors (Lipinski definition) is 7. The highest BCUT2D eigenvalue weighted by Gasteiger charge is 2.18. The van der Waals surface area contributed by atoms with E-state index in [0.717, 1.165) is 5.56 Å². The van der Waals surface area contributed by atoms with Gasteiger partial charge in [-0.25, -0.2) is 9.50 Å². The molecule has 0 aliphatic heterocycles. The molecule has 4 rings (SSSR count). The van der Waals surface area contributed by atoms with Crippen molar-refractivity contribution in [3.8, 4) is 11.5 Å². The summed E-state index contributed by atoms with van der Waals surface area (Å²) in [6.45, 7) is 4.02. The SMILES string of the molecule is Cc1ccc(-c2nnc(C(C)Sc3nc4ncccn4n3)o2)cc1. The number of thioether (sulfide) groups is 1. The summed E-state index contributed by atoms with van der Waals surface area (Å²) in [4.78, 5) is 8.52. The summed E-state index contributed by atoms with van der Waals surface area (Å²) in [5.41, 5.74) is 2.10. The van der Waals surface area contributed by atoms with Crippen LogP contribution in [0.15, 0.2) is 52.3 Å². The van der Waals surface area contributed by atoms with Gasteiger partial charge in [0, 0.05) is 18.0 Å². The maximum absolute atomic E-state index is 5.80. The monoisotopic (exact) mass is 338 g/mol.